The third kappa shape index (κ3) is 3.94. The number of hydrazone groups is 1. The number of nitrogens with one attached hydrogen (secondary N) is 1. The highest BCUT2D eigenvalue weighted by atomic mass is 32.1. The van der Waals surface area contributed by atoms with Gasteiger partial charge in [0.15, 0.2) is 11.5 Å². The van der Waals surface area contributed by atoms with E-state index < -0.39 is 0 Å². The van der Waals surface area contributed by atoms with E-state index in [0.717, 1.165) is 22.6 Å². The first-order valence-electron chi connectivity index (χ1n) is 7.85. The van der Waals surface area contributed by atoms with Crippen LogP contribution in [0.4, 0.5) is 5.13 Å². The molecule has 0 radical (unpaired) electrons. The van der Waals surface area contributed by atoms with Crippen molar-refractivity contribution in [1.29, 1.82) is 0 Å². The minimum atomic E-state index is 0.668. The Morgan fingerprint density at radius 3 is 2.50 bits per heavy atom. The van der Waals surface area contributed by atoms with Gasteiger partial charge in [0, 0.05) is 16.5 Å². The second kappa shape index (κ2) is 8.35. The largest absolute Gasteiger partial charge is 0.496 e. The summed E-state index contributed by atoms with van der Waals surface area (Å²) in [6.07, 6.45) is 1.70. The quantitative estimate of drug-likeness (QED) is 0.497. The number of hydrogen-bond acceptors (Lipinski definition) is 7. The number of hydrogen-bond donors (Lipinski definition) is 1. The van der Waals surface area contributed by atoms with Crippen LogP contribution in [0.2, 0.25) is 0 Å². The third-order valence-electron chi connectivity index (χ3n) is 3.69. The summed E-state index contributed by atoms with van der Waals surface area (Å²) < 4.78 is 15.9. The van der Waals surface area contributed by atoms with Gasteiger partial charge < -0.3 is 14.2 Å². The maximum absolute atomic E-state index is 5.34. The van der Waals surface area contributed by atoms with Gasteiger partial charge in [0.2, 0.25) is 5.13 Å². The van der Waals surface area contributed by atoms with Gasteiger partial charge in [-0.3, -0.25) is 5.43 Å². The predicted octanol–water partition coefficient (Wildman–Crippen LogP) is 4.28. The van der Waals surface area contributed by atoms with Crippen LogP contribution >= 0.6 is 11.3 Å². The molecular formula is C19H19N3O3S. The van der Waals surface area contributed by atoms with Crippen LogP contribution < -0.4 is 19.6 Å². The van der Waals surface area contributed by atoms with E-state index in [-0.39, 0.29) is 0 Å². The molecule has 0 spiro atoms. The van der Waals surface area contributed by atoms with Crippen LogP contribution in [0.15, 0.2) is 52.9 Å². The number of benzene rings is 2. The molecule has 0 amide bonds. The molecule has 0 aliphatic rings. The van der Waals surface area contributed by atoms with E-state index in [1.165, 1.54) is 11.3 Å². The molecule has 7 heteroatoms. The Kier molecular flexibility index (Phi) is 5.70. The zero-order chi connectivity index (χ0) is 18.4. The fraction of sp³-hybridized carbons (Fsp3) is 0.158. The number of thiazole rings is 1. The van der Waals surface area contributed by atoms with Crippen molar-refractivity contribution in [1.82, 2.24) is 4.98 Å². The number of methoxy groups -OCH3 is 3. The minimum Gasteiger partial charge on any atom is -0.496 e. The van der Waals surface area contributed by atoms with Crippen molar-refractivity contribution >= 4 is 22.7 Å². The predicted molar refractivity (Wildman–Crippen MR) is 105 cm³/mol. The molecule has 134 valence electrons. The van der Waals surface area contributed by atoms with E-state index in [0.29, 0.717) is 16.6 Å². The third-order valence-corrected chi connectivity index (χ3v) is 4.43. The van der Waals surface area contributed by atoms with Crippen LogP contribution in [0.1, 0.15) is 5.56 Å². The molecule has 0 unspecified atom stereocenters. The van der Waals surface area contributed by atoms with Gasteiger partial charge in [-0.25, -0.2) is 4.98 Å². The molecule has 0 saturated carbocycles. The number of ether oxygens (including phenoxy) is 3. The van der Waals surface area contributed by atoms with Crippen LogP contribution in [-0.4, -0.2) is 32.5 Å². The molecule has 26 heavy (non-hydrogen) atoms. The highest BCUT2D eigenvalue weighted by Crippen LogP contribution is 2.33. The minimum absolute atomic E-state index is 0.668. The first kappa shape index (κ1) is 17.8. The number of para-hydroxylation sites is 1. The van der Waals surface area contributed by atoms with Crippen LogP contribution in [0.5, 0.6) is 17.2 Å². The number of rotatable bonds is 7. The van der Waals surface area contributed by atoms with E-state index in [1.54, 1.807) is 27.5 Å². The SMILES string of the molecule is COc1ccccc1/C=N\Nc1nc(-c2ccc(OC)c(OC)c2)cs1. The Hall–Kier alpha value is -3.06. The highest BCUT2D eigenvalue weighted by Gasteiger charge is 2.09. The molecule has 0 aliphatic carbocycles. The molecule has 0 atom stereocenters. The molecule has 3 aromatic rings. The number of aromatic nitrogens is 1. The summed E-state index contributed by atoms with van der Waals surface area (Å²) in [6.45, 7) is 0. The van der Waals surface area contributed by atoms with Crippen LogP contribution in [0.3, 0.4) is 0 Å². The van der Waals surface area contributed by atoms with Gasteiger partial charge >= 0.3 is 0 Å². The Bertz CT molecular complexity index is 909. The van der Waals surface area contributed by atoms with Crippen molar-refractivity contribution in [3.63, 3.8) is 0 Å². The summed E-state index contributed by atoms with van der Waals surface area (Å²) in [5.74, 6) is 2.12. The van der Waals surface area contributed by atoms with Crippen molar-refractivity contribution in [2.45, 2.75) is 0 Å². The first-order valence-corrected chi connectivity index (χ1v) is 8.73. The highest BCUT2D eigenvalue weighted by molar-refractivity contribution is 7.14. The van der Waals surface area contributed by atoms with Crippen LogP contribution in [-0.2, 0) is 0 Å². The zero-order valence-corrected chi connectivity index (χ0v) is 15.5. The van der Waals surface area contributed by atoms with E-state index in [9.17, 15) is 0 Å². The first-order chi connectivity index (χ1) is 12.7. The smallest absolute Gasteiger partial charge is 0.203 e. The summed E-state index contributed by atoms with van der Waals surface area (Å²) in [5, 5.41) is 6.89. The van der Waals surface area contributed by atoms with Crippen molar-refractivity contribution in [3.8, 4) is 28.5 Å². The molecule has 1 N–H and O–H groups in total. The van der Waals surface area contributed by atoms with Crippen molar-refractivity contribution in [3.05, 3.63) is 53.4 Å². The summed E-state index contributed by atoms with van der Waals surface area (Å²) >= 11 is 1.47. The number of nitrogens with zero attached hydrogens (tertiary/aromatic N) is 2. The Morgan fingerprint density at radius 1 is 0.962 bits per heavy atom. The van der Waals surface area contributed by atoms with E-state index in [2.05, 4.69) is 15.5 Å². The maximum Gasteiger partial charge on any atom is 0.203 e. The van der Waals surface area contributed by atoms with Crippen LogP contribution in [0, 0.1) is 0 Å². The van der Waals surface area contributed by atoms with E-state index >= 15 is 0 Å². The van der Waals surface area contributed by atoms with Gasteiger partial charge in [0.25, 0.3) is 0 Å². The molecule has 2 aromatic carbocycles. The second-order valence-electron chi connectivity index (χ2n) is 5.22. The standard InChI is InChI=1S/C19H19N3O3S/c1-23-16-7-5-4-6-14(16)11-20-22-19-21-15(12-26-19)13-8-9-17(24-2)18(10-13)25-3/h4-12H,1-3H3,(H,21,22)/b20-11-. The van der Waals surface area contributed by atoms with Gasteiger partial charge in [-0.15, -0.1) is 11.3 Å². The van der Waals surface area contributed by atoms with Gasteiger partial charge in [0.1, 0.15) is 5.75 Å². The lowest BCUT2D eigenvalue weighted by Crippen LogP contribution is -1.93. The summed E-state index contributed by atoms with van der Waals surface area (Å²) in [4.78, 5) is 4.55. The lowest BCUT2D eigenvalue weighted by Gasteiger charge is -2.08. The van der Waals surface area contributed by atoms with E-state index in [4.69, 9.17) is 14.2 Å². The Balaban J connectivity index is 1.73. The van der Waals surface area contributed by atoms with E-state index in [1.807, 2.05) is 47.8 Å². The molecular weight excluding hydrogens is 350 g/mol. The average Bonchev–Trinajstić information content (AvgIpc) is 3.16. The molecule has 0 bridgehead atoms. The number of anilines is 1. The average molecular weight is 369 g/mol. The van der Waals surface area contributed by atoms with Gasteiger partial charge in [0.05, 0.1) is 33.2 Å². The van der Waals surface area contributed by atoms with Crippen LogP contribution in [0.25, 0.3) is 11.3 Å². The lowest BCUT2D eigenvalue weighted by atomic mass is 10.1. The van der Waals surface area contributed by atoms with Crippen molar-refractivity contribution in [2.75, 3.05) is 26.8 Å². The molecule has 0 aliphatic heterocycles. The fourth-order valence-electron chi connectivity index (χ4n) is 2.38. The zero-order valence-electron chi connectivity index (χ0n) is 14.7. The van der Waals surface area contributed by atoms with Gasteiger partial charge in [-0.1, -0.05) is 12.1 Å². The molecule has 6 nitrogen and oxygen atoms in total. The maximum atomic E-state index is 5.34. The summed E-state index contributed by atoms with van der Waals surface area (Å²) in [6, 6.07) is 13.4. The second-order valence-corrected chi connectivity index (χ2v) is 6.08. The van der Waals surface area contributed by atoms with Crippen molar-refractivity contribution in [2.24, 2.45) is 5.10 Å². The topological polar surface area (TPSA) is 65.0 Å². The molecule has 1 aromatic heterocycles. The fourth-order valence-corrected chi connectivity index (χ4v) is 3.05. The molecule has 0 fully saturated rings. The Morgan fingerprint density at radius 2 is 1.73 bits per heavy atom. The van der Waals surface area contributed by atoms with Gasteiger partial charge in [-0.2, -0.15) is 5.10 Å². The van der Waals surface area contributed by atoms with Gasteiger partial charge in [-0.05, 0) is 30.3 Å². The normalized spacial score (nSPS) is 10.7. The summed E-state index contributed by atoms with van der Waals surface area (Å²) in [5.41, 5.74) is 5.62. The van der Waals surface area contributed by atoms with Crippen molar-refractivity contribution < 1.29 is 14.2 Å². The molecule has 3 rings (SSSR count). The summed E-state index contributed by atoms with van der Waals surface area (Å²) in [7, 11) is 4.86. The Labute approximate surface area is 156 Å². The molecule has 0 saturated heterocycles. The molecule has 1 heterocycles. The monoisotopic (exact) mass is 369 g/mol. The lowest BCUT2D eigenvalue weighted by molar-refractivity contribution is 0.355.